The summed E-state index contributed by atoms with van der Waals surface area (Å²) in [6.45, 7) is 0. The average Bonchev–Trinajstić information content (AvgIpc) is 3.55. The van der Waals surface area contributed by atoms with Gasteiger partial charge >= 0.3 is 0 Å². The summed E-state index contributed by atoms with van der Waals surface area (Å²) in [4.78, 5) is 4.17. The fourth-order valence-corrected chi connectivity index (χ4v) is 6.40. The Bertz CT molecular complexity index is 2040. The fourth-order valence-electron chi connectivity index (χ4n) is 6.40. The maximum absolute atomic E-state index is 9.80. The Hall–Kier alpha value is -6.00. The lowest BCUT2D eigenvalue weighted by Gasteiger charge is -2.24. The van der Waals surface area contributed by atoms with Crippen LogP contribution < -0.4 is 9.80 Å². The van der Waals surface area contributed by atoms with Gasteiger partial charge in [0.15, 0.2) is 0 Å². The molecule has 0 saturated carbocycles. The minimum Gasteiger partial charge on any atom is -0.307 e. The van der Waals surface area contributed by atoms with Gasteiger partial charge in [-0.3, -0.25) is 15.7 Å². The molecule has 0 aromatic heterocycles. The average molecular weight is 565 g/mol. The standard InChI is InChI=1S/C40H28N4/c41-38-34-21-11-13-23-36(34)43(31-18-8-3-9-19-31)39(38)37-33-20-10-12-22-35(33)44(40(37)42)32-25-29(27-14-4-1-5-15-27)24-30(26-32)28-16-6-2-7-17-28/h1-26,41-42H/b39-37+,41-38?,42-40?. The third-order valence-electron chi connectivity index (χ3n) is 8.39. The summed E-state index contributed by atoms with van der Waals surface area (Å²) >= 11 is 0. The second-order valence-corrected chi connectivity index (χ2v) is 11.0. The van der Waals surface area contributed by atoms with Gasteiger partial charge in [0.1, 0.15) is 5.84 Å². The molecule has 6 aromatic rings. The van der Waals surface area contributed by atoms with Crippen LogP contribution in [0, 0.1) is 10.8 Å². The zero-order chi connectivity index (χ0) is 29.6. The summed E-state index contributed by atoms with van der Waals surface area (Å²) in [6.07, 6.45) is 0. The van der Waals surface area contributed by atoms with Crippen molar-refractivity contribution in [2.45, 2.75) is 0 Å². The lowest BCUT2D eigenvalue weighted by Crippen LogP contribution is -2.24. The number of hydrogen-bond donors (Lipinski definition) is 2. The number of rotatable bonds is 4. The molecule has 4 heteroatoms. The summed E-state index contributed by atoms with van der Waals surface area (Å²) in [5.74, 6) is 0.351. The van der Waals surface area contributed by atoms with Crippen LogP contribution in [-0.2, 0) is 0 Å². The van der Waals surface area contributed by atoms with E-state index in [0.29, 0.717) is 11.5 Å². The van der Waals surface area contributed by atoms with Gasteiger partial charge in [-0.2, -0.15) is 0 Å². The van der Waals surface area contributed by atoms with Gasteiger partial charge in [-0.1, -0.05) is 115 Å². The molecular formula is C40H28N4. The van der Waals surface area contributed by atoms with Gasteiger partial charge in [0.25, 0.3) is 0 Å². The number of hydrogen-bond acceptors (Lipinski definition) is 3. The van der Waals surface area contributed by atoms with E-state index in [-0.39, 0.29) is 0 Å². The first kappa shape index (κ1) is 25.7. The first-order valence-electron chi connectivity index (χ1n) is 14.7. The third kappa shape index (κ3) is 4.08. The summed E-state index contributed by atoms with van der Waals surface area (Å²) in [7, 11) is 0. The van der Waals surface area contributed by atoms with E-state index in [4.69, 9.17) is 0 Å². The van der Waals surface area contributed by atoms with E-state index < -0.39 is 0 Å². The van der Waals surface area contributed by atoms with E-state index in [1.54, 1.807) is 0 Å². The number of allylic oxidation sites excluding steroid dienone is 1. The minimum absolute atomic E-state index is 0.351. The number of benzene rings is 6. The lowest BCUT2D eigenvalue weighted by atomic mass is 9.97. The zero-order valence-electron chi connectivity index (χ0n) is 23.9. The highest BCUT2D eigenvalue weighted by molar-refractivity contribution is 6.43. The van der Waals surface area contributed by atoms with E-state index in [1.807, 2.05) is 65.6 Å². The molecule has 0 radical (unpaired) electrons. The second kappa shape index (κ2) is 10.4. The highest BCUT2D eigenvalue weighted by Gasteiger charge is 2.40. The van der Waals surface area contributed by atoms with Crippen LogP contribution in [0.1, 0.15) is 11.1 Å². The van der Waals surface area contributed by atoms with Crippen LogP contribution in [0.15, 0.2) is 163 Å². The molecule has 44 heavy (non-hydrogen) atoms. The number of anilines is 4. The number of nitrogens with zero attached hydrogens (tertiary/aromatic N) is 2. The predicted molar refractivity (Wildman–Crippen MR) is 182 cm³/mol. The molecule has 2 heterocycles. The van der Waals surface area contributed by atoms with Crippen molar-refractivity contribution in [3.63, 3.8) is 0 Å². The first-order valence-corrected chi connectivity index (χ1v) is 14.7. The Morgan fingerprint density at radius 3 is 1.45 bits per heavy atom. The summed E-state index contributed by atoms with van der Waals surface area (Å²) in [5.41, 5.74) is 11.9. The van der Waals surface area contributed by atoms with Gasteiger partial charge < -0.3 is 4.90 Å². The molecule has 0 amide bonds. The van der Waals surface area contributed by atoms with Crippen molar-refractivity contribution in [2.75, 3.05) is 9.80 Å². The Morgan fingerprint density at radius 2 is 0.864 bits per heavy atom. The Labute approximate surface area is 256 Å². The summed E-state index contributed by atoms with van der Waals surface area (Å²) in [6, 6.07) is 53.7. The number of fused-ring (bicyclic) bond motifs is 2. The van der Waals surface area contributed by atoms with E-state index >= 15 is 0 Å². The molecule has 0 fully saturated rings. The van der Waals surface area contributed by atoms with Gasteiger partial charge in [-0.25, -0.2) is 0 Å². The van der Waals surface area contributed by atoms with Crippen LogP contribution in [0.5, 0.6) is 0 Å². The highest BCUT2D eigenvalue weighted by Crippen LogP contribution is 2.49. The van der Waals surface area contributed by atoms with E-state index in [9.17, 15) is 10.8 Å². The SMILES string of the molecule is N=C1/C(=C2\C(=N)N(c3cc(-c4ccccc4)cc(-c4ccccc4)c3)c3ccccc32)N(c2ccccc2)c2ccccc21. The number of para-hydroxylation sites is 3. The predicted octanol–water partition coefficient (Wildman–Crippen LogP) is 10.1. The van der Waals surface area contributed by atoms with Gasteiger partial charge in [-0.15, -0.1) is 0 Å². The smallest absolute Gasteiger partial charge is 0.140 e. The Kier molecular flexibility index (Phi) is 6.05. The van der Waals surface area contributed by atoms with Crippen molar-refractivity contribution >= 4 is 39.9 Å². The number of nitrogens with one attached hydrogen (secondary N) is 2. The molecule has 2 aliphatic rings. The van der Waals surface area contributed by atoms with Crippen molar-refractivity contribution < 1.29 is 0 Å². The van der Waals surface area contributed by atoms with Crippen LogP contribution >= 0.6 is 0 Å². The van der Waals surface area contributed by atoms with Crippen LogP contribution in [0.25, 0.3) is 27.8 Å². The minimum atomic E-state index is 0.351. The maximum atomic E-state index is 9.80. The summed E-state index contributed by atoms with van der Waals surface area (Å²) < 4.78 is 0. The van der Waals surface area contributed by atoms with E-state index in [1.165, 1.54) is 0 Å². The van der Waals surface area contributed by atoms with E-state index in [0.717, 1.165) is 67.4 Å². The highest BCUT2D eigenvalue weighted by atomic mass is 15.2. The molecule has 0 aliphatic carbocycles. The van der Waals surface area contributed by atoms with Crippen LogP contribution in [0.4, 0.5) is 22.7 Å². The van der Waals surface area contributed by atoms with Gasteiger partial charge in [0.05, 0.1) is 28.4 Å². The van der Waals surface area contributed by atoms with Crippen molar-refractivity contribution in [3.8, 4) is 22.3 Å². The Morgan fingerprint density at radius 1 is 0.386 bits per heavy atom. The quantitative estimate of drug-likeness (QED) is 0.224. The molecule has 8 rings (SSSR count). The molecule has 208 valence electrons. The molecule has 0 saturated heterocycles. The first-order chi connectivity index (χ1) is 21.7. The fraction of sp³-hybridized carbons (Fsp3) is 0. The molecule has 0 atom stereocenters. The summed E-state index contributed by atoms with van der Waals surface area (Å²) in [5, 5.41) is 19.2. The maximum Gasteiger partial charge on any atom is 0.140 e. The topological polar surface area (TPSA) is 54.2 Å². The van der Waals surface area contributed by atoms with Crippen LogP contribution in [-0.4, -0.2) is 11.5 Å². The third-order valence-corrected chi connectivity index (χ3v) is 8.39. The molecule has 4 nitrogen and oxygen atoms in total. The van der Waals surface area contributed by atoms with Gasteiger partial charge in [0.2, 0.25) is 0 Å². The molecule has 0 unspecified atom stereocenters. The molecule has 2 aliphatic heterocycles. The molecule has 0 spiro atoms. The van der Waals surface area contributed by atoms with Gasteiger partial charge in [-0.05, 0) is 64.7 Å². The largest absolute Gasteiger partial charge is 0.307 e. The zero-order valence-corrected chi connectivity index (χ0v) is 23.9. The molecule has 0 bridgehead atoms. The number of amidine groups is 1. The second-order valence-electron chi connectivity index (χ2n) is 11.0. The Balaban J connectivity index is 1.36. The van der Waals surface area contributed by atoms with Gasteiger partial charge in [0, 0.05) is 22.5 Å². The lowest BCUT2D eigenvalue weighted by molar-refractivity contribution is 1.27. The van der Waals surface area contributed by atoms with Crippen molar-refractivity contribution in [1.29, 1.82) is 10.8 Å². The molecule has 2 N–H and O–H groups in total. The normalized spacial score (nSPS) is 15.5. The van der Waals surface area contributed by atoms with Crippen molar-refractivity contribution in [3.05, 3.63) is 175 Å². The van der Waals surface area contributed by atoms with Crippen molar-refractivity contribution in [2.24, 2.45) is 0 Å². The molecular weight excluding hydrogens is 536 g/mol. The monoisotopic (exact) mass is 564 g/mol. The molecule has 6 aromatic carbocycles. The van der Waals surface area contributed by atoms with E-state index in [2.05, 4.69) is 102 Å². The van der Waals surface area contributed by atoms with Crippen LogP contribution in [0.2, 0.25) is 0 Å². The van der Waals surface area contributed by atoms with Crippen molar-refractivity contribution in [1.82, 2.24) is 0 Å². The van der Waals surface area contributed by atoms with Crippen LogP contribution in [0.3, 0.4) is 0 Å².